The summed E-state index contributed by atoms with van der Waals surface area (Å²) < 4.78 is 0. The normalized spacial score (nSPS) is 9.07. The Kier molecular flexibility index (Phi) is 3.45. The van der Waals surface area contributed by atoms with Gasteiger partial charge in [-0.05, 0) is 12.1 Å². The van der Waals surface area contributed by atoms with Crippen LogP contribution in [0.5, 0.6) is 0 Å². The minimum atomic E-state index is -1.47. The first kappa shape index (κ1) is 10.8. The minimum absolute atomic E-state index is 0.403. The first-order valence-corrected chi connectivity index (χ1v) is 4.13. The van der Waals surface area contributed by atoms with Gasteiger partial charge in [-0.25, -0.2) is 0 Å². The van der Waals surface area contributed by atoms with Crippen LogP contribution in [0.1, 0.15) is 10.4 Å². The van der Waals surface area contributed by atoms with Crippen molar-refractivity contribution < 1.29 is 14.7 Å². The van der Waals surface area contributed by atoms with Crippen LogP contribution >= 0.6 is 0 Å². The second-order valence-electron chi connectivity index (χ2n) is 2.71. The molecule has 0 aromatic heterocycles. The molecular formula is C10H9N2O3-. The maximum absolute atomic E-state index is 11.3. The number of hydrogen-bond donors (Lipinski definition) is 2. The predicted octanol–water partition coefficient (Wildman–Crippen LogP) is -0.815. The molecule has 2 N–H and O–H groups in total. The molecule has 1 aromatic carbocycles. The lowest BCUT2D eigenvalue weighted by molar-refractivity contribution is -0.299. The number of benzene rings is 1. The molecule has 0 atom stereocenters. The molecule has 1 amide bonds. The molecular weight excluding hydrogens is 196 g/mol. The highest BCUT2D eigenvalue weighted by atomic mass is 16.4. The second-order valence-corrected chi connectivity index (χ2v) is 2.71. The smallest absolute Gasteiger partial charge is 0.269 e. The first-order valence-electron chi connectivity index (χ1n) is 4.13. The summed E-state index contributed by atoms with van der Waals surface area (Å²) in [4.78, 5) is 21.6. The quantitative estimate of drug-likeness (QED) is 0.497. The Bertz CT molecular complexity index is 387. The van der Waals surface area contributed by atoms with Gasteiger partial charge in [0.15, 0.2) is 0 Å². The van der Waals surface area contributed by atoms with E-state index in [0.29, 0.717) is 5.56 Å². The molecule has 0 aliphatic heterocycles. The zero-order valence-electron chi connectivity index (χ0n) is 7.82. The van der Waals surface area contributed by atoms with E-state index in [2.05, 4.69) is 17.4 Å². The van der Waals surface area contributed by atoms with Crippen LogP contribution in [0.15, 0.2) is 42.6 Å². The summed E-state index contributed by atoms with van der Waals surface area (Å²) in [6.45, 7) is 3.13. The largest absolute Gasteiger partial charge is 0.543 e. The molecule has 0 saturated heterocycles. The summed E-state index contributed by atoms with van der Waals surface area (Å²) in [5, 5.41) is 10.2. The summed E-state index contributed by atoms with van der Waals surface area (Å²) in [6, 6.07) is 8.35. The molecule has 0 heterocycles. The Morgan fingerprint density at radius 2 is 1.73 bits per heavy atom. The molecule has 5 heteroatoms. The highest BCUT2D eigenvalue weighted by Gasteiger charge is 2.03. The van der Waals surface area contributed by atoms with Crippen molar-refractivity contribution in [3.8, 4) is 0 Å². The molecule has 78 valence electrons. The summed E-state index contributed by atoms with van der Waals surface area (Å²) in [6.07, 6.45) is 0. The summed E-state index contributed by atoms with van der Waals surface area (Å²) in [5.74, 6) is -1.92. The van der Waals surface area contributed by atoms with Gasteiger partial charge in [-0.3, -0.25) is 15.6 Å². The lowest BCUT2D eigenvalue weighted by Gasteiger charge is -2.10. The van der Waals surface area contributed by atoms with Gasteiger partial charge in [-0.1, -0.05) is 24.8 Å². The summed E-state index contributed by atoms with van der Waals surface area (Å²) in [5.41, 5.74) is 4.30. The molecule has 0 spiro atoms. The van der Waals surface area contributed by atoms with Gasteiger partial charge in [-0.15, -0.1) is 0 Å². The third-order valence-electron chi connectivity index (χ3n) is 1.61. The van der Waals surface area contributed by atoms with Crippen LogP contribution in [0.2, 0.25) is 0 Å². The van der Waals surface area contributed by atoms with Crippen molar-refractivity contribution in [1.82, 2.24) is 10.9 Å². The standard InChI is InChI=1S/C10H10N2O3/c1-7(10(14)15)11-12-9(13)8-5-3-2-4-6-8/h2-6,11H,1H2,(H,12,13)(H,14,15)/p-1. The Hall–Kier alpha value is -2.30. The molecule has 5 nitrogen and oxygen atoms in total. The number of nitrogens with one attached hydrogen (secondary N) is 2. The summed E-state index contributed by atoms with van der Waals surface area (Å²) in [7, 11) is 0. The van der Waals surface area contributed by atoms with Crippen LogP contribution < -0.4 is 16.0 Å². The number of hydrazine groups is 1. The zero-order valence-corrected chi connectivity index (χ0v) is 7.82. The summed E-state index contributed by atoms with van der Waals surface area (Å²) >= 11 is 0. The van der Waals surface area contributed by atoms with E-state index in [-0.39, 0.29) is 0 Å². The van der Waals surface area contributed by atoms with E-state index >= 15 is 0 Å². The fraction of sp³-hybridized carbons (Fsp3) is 0. The monoisotopic (exact) mass is 205 g/mol. The molecule has 0 fully saturated rings. The number of carboxylic acid groups (broad SMARTS) is 1. The molecule has 0 aliphatic carbocycles. The third-order valence-corrected chi connectivity index (χ3v) is 1.61. The van der Waals surface area contributed by atoms with E-state index in [1.807, 2.05) is 0 Å². The van der Waals surface area contributed by atoms with E-state index in [0.717, 1.165) is 0 Å². The number of hydrogen-bond acceptors (Lipinski definition) is 4. The predicted molar refractivity (Wildman–Crippen MR) is 51.2 cm³/mol. The van der Waals surface area contributed by atoms with Crippen molar-refractivity contribution >= 4 is 11.9 Å². The molecule has 15 heavy (non-hydrogen) atoms. The van der Waals surface area contributed by atoms with E-state index in [4.69, 9.17) is 0 Å². The molecule has 0 radical (unpaired) electrons. The van der Waals surface area contributed by atoms with Crippen LogP contribution in [-0.2, 0) is 4.79 Å². The van der Waals surface area contributed by atoms with Gasteiger partial charge in [0.2, 0.25) is 0 Å². The lowest BCUT2D eigenvalue weighted by atomic mass is 10.2. The van der Waals surface area contributed by atoms with Gasteiger partial charge in [0.05, 0.1) is 11.7 Å². The number of carbonyl (C=O) groups is 2. The molecule has 1 rings (SSSR count). The van der Waals surface area contributed by atoms with Gasteiger partial charge in [-0.2, -0.15) is 0 Å². The molecule has 0 unspecified atom stereocenters. The number of rotatable bonds is 4. The van der Waals surface area contributed by atoms with Crippen LogP contribution in [0, 0.1) is 0 Å². The average Bonchev–Trinajstić information content (AvgIpc) is 2.26. The number of carboxylic acids is 1. The molecule has 0 saturated carbocycles. The van der Waals surface area contributed by atoms with Crippen LogP contribution in [0.25, 0.3) is 0 Å². The highest BCUT2D eigenvalue weighted by Crippen LogP contribution is 1.96. The van der Waals surface area contributed by atoms with Gasteiger partial charge in [0.1, 0.15) is 0 Å². The second kappa shape index (κ2) is 4.80. The Labute approximate surface area is 86.4 Å². The van der Waals surface area contributed by atoms with Crippen molar-refractivity contribution in [2.75, 3.05) is 0 Å². The Morgan fingerprint density at radius 3 is 2.27 bits per heavy atom. The van der Waals surface area contributed by atoms with Crippen molar-refractivity contribution in [2.45, 2.75) is 0 Å². The maximum atomic E-state index is 11.3. The highest BCUT2D eigenvalue weighted by molar-refractivity contribution is 5.94. The van der Waals surface area contributed by atoms with Gasteiger partial charge in [0, 0.05) is 5.56 Å². The SMILES string of the molecule is C=C(NNC(=O)c1ccccc1)C(=O)[O-]. The van der Waals surface area contributed by atoms with Gasteiger partial charge in [0.25, 0.3) is 5.91 Å². The Morgan fingerprint density at radius 1 is 1.13 bits per heavy atom. The number of aliphatic carboxylic acids is 1. The minimum Gasteiger partial charge on any atom is -0.543 e. The van der Waals surface area contributed by atoms with E-state index in [1.54, 1.807) is 30.3 Å². The maximum Gasteiger partial charge on any atom is 0.269 e. The molecule has 0 bridgehead atoms. The fourth-order valence-corrected chi connectivity index (χ4v) is 0.845. The number of amides is 1. The zero-order chi connectivity index (χ0) is 11.3. The van der Waals surface area contributed by atoms with Gasteiger partial charge >= 0.3 is 0 Å². The Balaban J connectivity index is 2.51. The van der Waals surface area contributed by atoms with Gasteiger partial charge < -0.3 is 9.90 Å². The van der Waals surface area contributed by atoms with Crippen LogP contribution in [0.4, 0.5) is 0 Å². The van der Waals surface area contributed by atoms with E-state index in [9.17, 15) is 14.7 Å². The fourth-order valence-electron chi connectivity index (χ4n) is 0.845. The lowest BCUT2D eigenvalue weighted by Crippen LogP contribution is -2.42. The number of carbonyl (C=O) groups excluding carboxylic acids is 2. The van der Waals surface area contributed by atoms with Crippen molar-refractivity contribution in [2.24, 2.45) is 0 Å². The van der Waals surface area contributed by atoms with Crippen molar-refractivity contribution in [3.05, 3.63) is 48.2 Å². The topological polar surface area (TPSA) is 81.3 Å². The van der Waals surface area contributed by atoms with Crippen molar-refractivity contribution in [1.29, 1.82) is 0 Å². The third kappa shape index (κ3) is 3.15. The van der Waals surface area contributed by atoms with Crippen LogP contribution in [-0.4, -0.2) is 11.9 Å². The van der Waals surface area contributed by atoms with Crippen molar-refractivity contribution in [3.63, 3.8) is 0 Å². The molecule has 1 aromatic rings. The van der Waals surface area contributed by atoms with E-state index < -0.39 is 17.6 Å². The first-order chi connectivity index (χ1) is 7.11. The van der Waals surface area contributed by atoms with E-state index in [1.165, 1.54) is 0 Å². The molecule has 0 aliphatic rings. The van der Waals surface area contributed by atoms with Crippen LogP contribution in [0.3, 0.4) is 0 Å². The average molecular weight is 205 g/mol.